The summed E-state index contributed by atoms with van der Waals surface area (Å²) < 4.78 is 39.5. The average molecular weight is 327 g/mol. The van der Waals surface area contributed by atoms with Gasteiger partial charge in [0.1, 0.15) is 5.82 Å². The van der Waals surface area contributed by atoms with E-state index in [0.29, 0.717) is 24.7 Å². The van der Waals surface area contributed by atoms with Gasteiger partial charge in [0.2, 0.25) is 10.0 Å². The van der Waals surface area contributed by atoms with E-state index in [9.17, 15) is 12.8 Å². The molecule has 1 N–H and O–H groups in total. The lowest BCUT2D eigenvalue weighted by Crippen LogP contribution is -2.49. The van der Waals surface area contributed by atoms with E-state index in [1.807, 2.05) is 0 Å². The predicted octanol–water partition coefficient (Wildman–Crippen LogP) is 0.635. The standard InChI is InChI=1S/C15H22FN3O2S/c16-14-3-1-13(2-4-14)12-22(20,21)19-8-5-15(11-19)18-9-6-17-7-10-18/h1-4,15,17H,5-12H2. The highest BCUT2D eigenvalue weighted by Gasteiger charge is 2.34. The van der Waals surface area contributed by atoms with Crippen LogP contribution in [0.25, 0.3) is 0 Å². The number of hydrogen-bond acceptors (Lipinski definition) is 4. The molecule has 0 spiro atoms. The van der Waals surface area contributed by atoms with Crippen LogP contribution >= 0.6 is 0 Å². The van der Waals surface area contributed by atoms with E-state index in [1.54, 1.807) is 4.31 Å². The van der Waals surface area contributed by atoms with Gasteiger partial charge in [-0.05, 0) is 24.1 Å². The molecule has 0 aromatic heterocycles. The van der Waals surface area contributed by atoms with E-state index in [0.717, 1.165) is 32.6 Å². The van der Waals surface area contributed by atoms with E-state index in [-0.39, 0.29) is 11.6 Å². The molecule has 2 heterocycles. The van der Waals surface area contributed by atoms with Gasteiger partial charge in [0, 0.05) is 45.3 Å². The number of piperazine rings is 1. The first-order valence-electron chi connectivity index (χ1n) is 7.72. The van der Waals surface area contributed by atoms with Crippen LogP contribution in [-0.2, 0) is 15.8 Å². The number of nitrogens with zero attached hydrogens (tertiary/aromatic N) is 2. The SMILES string of the molecule is O=S(=O)(Cc1ccc(F)cc1)N1CCC(N2CCNCC2)C1. The van der Waals surface area contributed by atoms with Crippen molar-refractivity contribution in [1.29, 1.82) is 0 Å². The minimum atomic E-state index is -3.33. The molecule has 2 saturated heterocycles. The van der Waals surface area contributed by atoms with Crippen molar-refractivity contribution in [3.63, 3.8) is 0 Å². The summed E-state index contributed by atoms with van der Waals surface area (Å²) in [5.41, 5.74) is 0.632. The zero-order valence-electron chi connectivity index (χ0n) is 12.5. The molecule has 1 aromatic carbocycles. The Balaban J connectivity index is 1.62. The fourth-order valence-electron chi connectivity index (χ4n) is 3.19. The Bertz CT molecular complexity index is 600. The molecule has 22 heavy (non-hydrogen) atoms. The fourth-order valence-corrected chi connectivity index (χ4v) is 4.77. The highest BCUT2D eigenvalue weighted by molar-refractivity contribution is 7.88. The predicted molar refractivity (Wildman–Crippen MR) is 83.4 cm³/mol. The van der Waals surface area contributed by atoms with Crippen LogP contribution < -0.4 is 5.32 Å². The molecule has 5 nitrogen and oxygen atoms in total. The molecule has 0 saturated carbocycles. The molecule has 1 unspecified atom stereocenters. The van der Waals surface area contributed by atoms with Crippen molar-refractivity contribution in [3.8, 4) is 0 Å². The first-order chi connectivity index (χ1) is 10.5. The lowest BCUT2D eigenvalue weighted by molar-refractivity contribution is 0.179. The third-order valence-electron chi connectivity index (χ3n) is 4.45. The summed E-state index contributed by atoms with van der Waals surface area (Å²) in [5.74, 6) is -0.400. The number of hydrogen-bond donors (Lipinski definition) is 1. The van der Waals surface area contributed by atoms with E-state index in [1.165, 1.54) is 24.3 Å². The minimum absolute atomic E-state index is 0.0540. The van der Waals surface area contributed by atoms with Gasteiger partial charge < -0.3 is 5.32 Å². The van der Waals surface area contributed by atoms with Crippen molar-refractivity contribution in [2.45, 2.75) is 18.2 Å². The lowest BCUT2D eigenvalue weighted by Gasteiger charge is -2.32. The summed E-state index contributed by atoms with van der Waals surface area (Å²) in [6.45, 7) is 5.06. The Kier molecular flexibility index (Phi) is 4.77. The van der Waals surface area contributed by atoms with Crippen molar-refractivity contribution < 1.29 is 12.8 Å². The smallest absolute Gasteiger partial charge is 0.218 e. The summed E-state index contributed by atoms with van der Waals surface area (Å²) in [5, 5.41) is 3.31. The van der Waals surface area contributed by atoms with Crippen molar-refractivity contribution >= 4 is 10.0 Å². The van der Waals surface area contributed by atoms with Gasteiger partial charge in [-0.3, -0.25) is 4.90 Å². The molecular formula is C15H22FN3O2S. The minimum Gasteiger partial charge on any atom is -0.314 e. The molecule has 0 amide bonds. The third-order valence-corrected chi connectivity index (χ3v) is 6.27. The van der Waals surface area contributed by atoms with Gasteiger partial charge in [0.05, 0.1) is 5.75 Å². The molecule has 2 aliphatic rings. The summed E-state index contributed by atoms with van der Waals surface area (Å²) in [7, 11) is -3.33. The average Bonchev–Trinajstić information content (AvgIpc) is 3.01. The van der Waals surface area contributed by atoms with Gasteiger partial charge in [0.25, 0.3) is 0 Å². The van der Waals surface area contributed by atoms with Crippen LogP contribution in [0.5, 0.6) is 0 Å². The molecule has 7 heteroatoms. The number of halogens is 1. The zero-order chi connectivity index (χ0) is 15.6. The quantitative estimate of drug-likeness (QED) is 0.882. The molecular weight excluding hydrogens is 305 g/mol. The Labute approximate surface area is 131 Å². The molecule has 3 rings (SSSR count). The van der Waals surface area contributed by atoms with Crippen LogP contribution in [0, 0.1) is 5.82 Å². The van der Waals surface area contributed by atoms with Crippen LogP contribution in [0.4, 0.5) is 4.39 Å². The molecule has 2 aliphatic heterocycles. The van der Waals surface area contributed by atoms with Crippen molar-refractivity contribution in [2.75, 3.05) is 39.3 Å². The maximum absolute atomic E-state index is 12.9. The van der Waals surface area contributed by atoms with Crippen LogP contribution in [-0.4, -0.2) is 62.9 Å². The second-order valence-corrected chi connectivity index (χ2v) is 7.94. The molecule has 0 aliphatic carbocycles. The largest absolute Gasteiger partial charge is 0.314 e. The summed E-state index contributed by atoms with van der Waals surface area (Å²) >= 11 is 0. The second-order valence-electron chi connectivity index (χ2n) is 5.97. The summed E-state index contributed by atoms with van der Waals surface area (Å²) in [4.78, 5) is 2.38. The molecule has 1 aromatic rings. The van der Waals surface area contributed by atoms with Gasteiger partial charge in [0.15, 0.2) is 0 Å². The number of rotatable bonds is 4. The first kappa shape index (κ1) is 15.9. The maximum Gasteiger partial charge on any atom is 0.218 e. The van der Waals surface area contributed by atoms with E-state index >= 15 is 0 Å². The van der Waals surface area contributed by atoms with Crippen LogP contribution in [0.1, 0.15) is 12.0 Å². The van der Waals surface area contributed by atoms with Crippen LogP contribution in [0.15, 0.2) is 24.3 Å². The fraction of sp³-hybridized carbons (Fsp3) is 0.600. The highest BCUT2D eigenvalue weighted by atomic mass is 32.2. The molecule has 1 atom stereocenters. The van der Waals surface area contributed by atoms with E-state index in [4.69, 9.17) is 0 Å². The number of nitrogens with one attached hydrogen (secondary N) is 1. The zero-order valence-corrected chi connectivity index (χ0v) is 13.4. The van der Waals surface area contributed by atoms with Crippen molar-refractivity contribution in [1.82, 2.24) is 14.5 Å². The number of benzene rings is 1. The topological polar surface area (TPSA) is 52.7 Å². The molecule has 122 valence electrons. The monoisotopic (exact) mass is 327 g/mol. The van der Waals surface area contributed by atoms with Gasteiger partial charge >= 0.3 is 0 Å². The first-order valence-corrected chi connectivity index (χ1v) is 9.32. The van der Waals surface area contributed by atoms with Crippen molar-refractivity contribution in [2.24, 2.45) is 0 Å². The van der Waals surface area contributed by atoms with E-state index in [2.05, 4.69) is 10.2 Å². The van der Waals surface area contributed by atoms with Gasteiger partial charge in [-0.25, -0.2) is 17.1 Å². The summed E-state index contributed by atoms with van der Waals surface area (Å²) in [6.07, 6.45) is 0.892. The normalized spacial score (nSPS) is 24.7. The highest BCUT2D eigenvalue weighted by Crippen LogP contribution is 2.21. The third kappa shape index (κ3) is 3.65. The van der Waals surface area contributed by atoms with Crippen LogP contribution in [0.3, 0.4) is 0 Å². The molecule has 0 bridgehead atoms. The Morgan fingerprint density at radius 1 is 1.14 bits per heavy atom. The Morgan fingerprint density at radius 2 is 1.82 bits per heavy atom. The summed E-state index contributed by atoms with van der Waals surface area (Å²) in [6, 6.07) is 6.01. The Morgan fingerprint density at radius 3 is 2.50 bits per heavy atom. The van der Waals surface area contributed by atoms with Gasteiger partial charge in [-0.1, -0.05) is 12.1 Å². The van der Waals surface area contributed by atoms with Crippen LogP contribution in [0.2, 0.25) is 0 Å². The second kappa shape index (κ2) is 6.62. The van der Waals surface area contributed by atoms with Crippen molar-refractivity contribution in [3.05, 3.63) is 35.6 Å². The molecule has 2 fully saturated rings. The van der Waals surface area contributed by atoms with Gasteiger partial charge in [-0.15, -0.1) is 0 Å². The van der Waals surface area contributed by atoms with Gasteiger partial charge in [-0.2, -0.15) is 0 Å². The lowest BCUT2D eigenvalue weighted by atomic mass is 10.2. The maximum atomic E-state index is 12.9. The number of sulfonamides is 1. The molecule has 0 radical (unpaired) electrons. The van der Waals surface area contributed by atoms with E-state index < -0.39 is 10.0 Å². The Hall–Kier alpha value is -1.02.